The molecule has 0 amide bonds. The van der Waals surface area contributed by atoms with Gasteiger partial charge in [-0.05, 0) is 25.7 Å². The van der Waals surface area contributed by atoms with Gasteiger partial charge in [-0.15, -0.1) is 0 Å². The van der Waals surface area contributed by atoms with Crippen LogP contribution in [0, 0.1) is 0 Å². The first-order valence-corrected chi connectivity index (χ1v) is 10.7. The molecule has 0 rings (SSSR count). The van der Waals surface area contributed by atoms with Crippen LogP contribution in [0.15, 0.2) is 0 Å². The maximum absolute atomic E-state index is 10.4. The molecule has 10 nitrogen and oxygen atoms in total. The summed E-state index contributed by atoms with van der Waals surface area (Å²) in [6, 6.07) is 0. The van der Waals surface area contributed by atoms with Gasteiger partial charge in [0.25, 0.3) is 0 Å². The molecule has 192 valence electrons. The van der Waals surface area contributed by atoms with Gasteiger partial charge in [0.15, 0.2) is 0 Å². The number of hydrogen-bond donors (Lipinski definition) is 1. The van der Waals surface area contributed by atoms with Crippen LogP contribution in [0.1, 0.15) is 99.8 Å². The number of rotatable bonds is 8. The average Bonchev–Trinajstić information content (AvgIpc) is 2.62. The predicted octanol–water partition coefficient (Wildman–Crippen LogP) is 3.40. The zero-order chi connectivity index (χ0) is 25.9. The summed E-state index contributed by atoms with van der Waals surface area (Å²) >= 11 is 0. The number of carbonyl (C=O) groups excluding carboxylic acids is 6. The van der Waals surface area contributed by atoms with Gasteiger partial charge in [-0.1, -0.05) is 34.1 Å². The molecule has 0 fully saturated rings. The number of hydrogen-bond acceptors (Lipinski definition) is 10. The van der Waals surface area contributed by atoms with Crippen LogP contribution in [0.4, 0.5) is 0 Å². The second kappa shape index (κ2) is 32.4. The molecule has 0 saturated heterocycles. The average molecular weight is 556 g/mol. The van der Waals surface area contributed by atoms with E-state index in [0.29, 0.717) is 45.1 Å². The molecule has 1 N–H and O–H groups in total. The summed E-state index contributed by atoms with van der Waals surface area (Å²) in [6.45, 7) is 11.6. The largest absolute Gasteiger partial charge is 0.396 e. The third-order valence-corrected chi connectivity index (χ3v) is 2.65. The van der Waals surface area contributed by atoms with Gasteiger partial charge in [-0.3, -0.25) is 28.8 Å². The zero-order valence-electron chi connectivity index (χ0n) is 21.0. The van der Waals surface area contributed by atoms with Crippen LogP contribution in [0.3, 0.4) is 0 Å². The first-order chi connectivity index (χ1) is 14.9. The SMILES string of the molecule is CCCC(=O)OC(C)=O.CCCC(=O)OC(C)=O.CCCC(=O)OC(C)=O.CCCCO.[Zr]. The monoisotopic (exact) mass is 554 g/mol. The Balaban J connectivity index is -0.000000107. The van der Waals surface area contributed by atoms with E-state index in [1.54, 1.807) is 0 Å². The summed E-state index contributed by atoms with van der Waals surface area (Å²) < 4.78 is 12.6. The standard InChI is InChI=1S/3C6H10O3.C4H10O.Zr/c3*1-3-4-6(8)9-5(2)7;1-2-3-4-5;/h3*3-4H2,1-2H3;5H,2-4H2,1H3;. The fourth-order valence-electron chi connectivity index (χ4n) is 1.40. The van der Waals surface area contributed by atoms with Crippen LogP contribution in [0.25, 0.3) is 0 Å². The van der Waals surface area contributed by atoms with E-state index in [1.807, 2.05) is 20.8 Å². The van der Waals surface area contributed by atoms with E-state index in [-0.39, 0.29) is 26.2 Å². The molecule has 0 radical (unpaired) electrons. The fraction of sp³-hybridized carbons (Fsp3) is 0.727. The van der Waals surface area contributed by atoms with Crippen LogP contribution in [0.2, 0.25) is 0 Å². The fourth-order valence-corrected chi connectivity index (χ4v) is 1.40. The van der Waals surface area contributed by atoms with E-state index in [1.165, 1.54) is 20.8 Å². The van der Waals surface area contributed by atoms with Crippen molar-refractivity contribution in [2.45, 2.75) is 99.8 Å². The minimum atomic E-state index is -0.534. The first kappa shape index (κ1) is 41.5. The number of aliphatic hydroxyl groups is 1. The van der Waals surface area contributed by atoms with Gasteiger partial charge in [-0.25, -0.2) is 0 Å². The molecule has 11 heteroatoms. The summed E-state index contributed by atoms with van der Waals surface area (Å²) in [4.78, 5) is 61.5. The van der Waals surface area contributed by atoms with Crippen LogP contribution >= 0.6 is 0 Å². The van der Waals surface area contributed by atoms with Gasteiger partial charge in [0.1, 0.15) is 0 Å². The Hall–Kier alpha value is -1.74. The van der Waals surface area contributed by atoms with Crippen molar-refractivity contribution in [2.24, 2.45) is 0 Å². The number of esters is 6. The quantitative estimate of drug-likeness (QED) is 0.268. The summed E-state index contributed by atoms with van der Waals surface area (Å²) in [5.74, 6) is -2.92. The van der Waals surface area contributed by atoms with Crippen molar-refractivity contribution in [3.63, 3.8) is 0 Å². The topological polar surface area (TPSA) is 150 Å². The molecule has 0 saturated carbocycles. The number of carbonyl (C=O) groups is 6. The molecule has 0 atom stereocenters. The molecule has 0 aliphatic heterocycles. The van der Waals surface area contributed by atoms with E-state index in [4.69, 9.17) is 5.11 Å². The summed E-state index contributed by atoms with van der Waals surface area (Å²) in [6.07, 6.45) is 5.14. The smallest absolute Gasteiger partial charge is 0.313 e. The Kier molecular flexibility index (Phi) is 40.8. The number of aliphatic hydroxyl groups excluding tert-OH is 1. The molecule has 0 aliphatic rings. The van der Waals surface area contributed by atoms with Crippen LogP contribution in [-0.4, -0.2) is 47.5 Å². The maximum atomic E-state index is 10.4. The Morgan fingerprint density at radius 3 is 0.879 bits per heavy atom. The Morgan fingerprint density at radius 1 is 0.545 bits per heavy atom. The van der Waals surface area contributed by atoms with E-state index < -0.39 is 35.8 Å². The molecular weight excluding hydrogens is 515 g/mol. The summed E-state index contributed by atoms with van der Waals surface area (Å²) in [5, 5.41) is 8.07. The van der Waals surface area contributed by atoms with Crippen molar-refractivity contribution in [3.8, 4) is 0 Å². The molecule has 0 aliphatic carbocycles. The minimum Gasteiger partial charge on any atom is -0.396 e. The van der Waals surface area contributed by atoms with Crippen LogP contribution in [0.5, 0.6) is 0 Å². The molecule has 0 bridgehead atoms. The van der Waals surface area contributed by atoms with Crippen molar-refractivity contribution in [1.29, 1.82) is 0 Å². The third-order valence-electron chi connectivity index (χ3n) is 2.65. The van der Waals surface area contributed by atoms with E-state index >= 15 is 0 Å². The van der Waals surface area contributed by atoms with Gasteiger partial charge in [-0.2, -0.15) is 0 Å². The summed E-state index contributed by atoms with van der Waals surface area (Å²) in [5.41, 5.74) is 0. The van der Waals surface area contributed by atoms with Crippen molar-refractivity contribution in [2.75, 3.05) is 6.61 Å². The Labute approximate surface area is 216 Å². The van der Waals surface area contributed by atoms with Crippen LogP contribution in [-0.2, 0) is 69.2 Å². The molecule has 0 aromatic rings. The summed E-state index contributed by atoms with van der Waals surface area (Å²) in [7, 11) is 0. The second-order valence-corrected chi connectivity index (χ2v) is 6.22. The van der Waals surface area contributed by atoms with Gasteiger partial charge in [0.2, 0.25) is 0 Å². The molecular formula is C22H40O10Zr. The van der Waals surface area contributed by atoms with E-state index in [9.17, 15) is 28.8 Å². The molecule has 0 heterocycles. The number of unbranched alkanes of at least 4 members (excludes halogenated alkanes) is 1. The minimum absolute atomic E-state index is 0. The Morgan fingerprint density at radius 2 is 0.788 bits per heavy atom. The van der Waals surface area contributed by atoms with Crippen molar-refractivity contribution in [1.82, 2.24) is 0 Å². The maximum Gasteiger partial charge on any atom is 0.313 e. The number of ether oxygens (including phenoxy) is 3. The second-order valence-electron chi connectivity index (χ2n) is 6.22. The first-order valence-electron chi connectivity index (χ1n) is 10.7. The van der Waals surface area contributed by atoms with E-state index in [2.05, 4.69) is 21.1 Å². The van der Waals surface area contributed by atoms with Crippen molar-refractivity contribution < 1.29 is 74.3 Å². The van der Waals surface area contributed by atoms with Crippen LogP contribution < -0.4 is 0 Å². The van der Waals surface area contributed by atoms with Gasteiger partial charge >= 0.3 is 35.8 Å². The Bertz CT molecular complexity index is 474. The van der Waals surface area contributed by atoms with E-state index in [0.717, 1.165) is 12.8 Å². The molecule has 33 heavy (non-hydrogen) atoms. The van der Waals surface area contributed by atoms with Gasteiger partial charge in [0, 0.05) is 72.8 Å². The molecule has 0 aromatic heterocycles. The zero-order valence-corrected chi connectivity index (χ0v) is 23.4. The van der Waals surface area contributed by atoms with Crippen molar-refractivity contribution >= 4 is 35.8 Å². The normalized spacial score (nSPS) is 8.36. The molecule has 0 spiro atoms. The van der Waals surface area contributed by atoms with Crippen molar-refractivity contribution in [3.05, 3.63) is 0 Å². The molecule has 0 unspecified atom stereocenters. The third kappa shape index (κ3) is 53.5. The predicted molar refractivity (Wildman–Crippen MR) is 117 cm³/mol. The van der Waals surface area contributed by atoms with Gasteiger partial charge < -0.3 is 19.3 Å². The van der Waals surface area contributed by atoms with Gasteiger partial charge in [0.05, 0.1) is 0 Å². The molecule has 0 aromatic carbocycles.